The van der Waals surface area contributed by atoms with Gasteiger partial charge in [-0.3, -0.25) is 5.43 Å². The van der Waals surface area contributed by atoms with E-state index in [1.165, 1.54) is 0 Å². The minimum atomic E-state index is 0.129. The second-order valence-electron chi connectivity index (χ2n) is 2.54. The molecule has 74 valence electrons. The summed E-state index contributed by atoms with van der Waals surface area (Å²) in [6.07, 6.45) is 1.61. The molecule has 0 amide bonds. The summed E-state index contributed by atoms with van der Waals surface area (Å²) < 4.78 is 0. The molecule has 3 N–H and O–H groups in total. The fourth-order valence-electron chi connectivity index (χ4n) is 0.831. The highest BCUT2D eigenvalue weighted by molar-refractivity contribution is 7.80. The molecule has 0 atom stereocenters. The van der Waals surface area contributed by atoms with Crippen LogP contribution in [-0.4, -0.2) is 15.8 Å². The second-order valence-corrected chi connectivity index (χ2v) is 3.37. The number of aromatic nitrogens is 1. The van der Waals surface area contributed by atoms with Gasteiger partial charge in [-0.15, -0.1) is 0 Å². The molecule has 0 fully saturated rings. The predicted octanol–water partition coefficient (Wildman–Crippen LogP) is 1.29. The molecule has 1 heterocycles. The van der Waals surface area contributed by atoms with Gasteiger partial charge in [0.1, 0.15) is 5.15 Å². The molecule has 4 nitrogen and oxygen atoms in total. The molecule has 0 aliphatic heterocycles. The molecular formula is C8H9ClN4S. The highest BCUT2D eigenvalue weighted by Crippen LogP contribution is 2.07. The zero-order valence-electron chi connectivity index (χ0n) is 7.49. The summed E-state index contributed by atoms with van der Waals surface area (Å²) in [6.45, 7) is 1.82. The third kappa shape index (κ3) is 3.27. The van der Waals surface area contributed by atoms with E-state index in [0.29, 0.717) is 5.15 Å². The van der Waals surface area contributed by atoms with Crippen LogP contribution in [0.5, 0.6) is 0 Å². The van der Waals surface area contributed by atoms with E-state index in [0.717, 1.165) is 11.3 Å². The van der Waals surface area contributed by atoms with Crippen molar-refractivity contribution < 1.29 is 0 Å². The monoisotopic (exact) mass is 228 g/mol. The minimum absolute atomic E-state index is 0.129. The van der Waals surface area contributed by atoms with Crippen molar-refractivity contribution >= 4 is 34.6 Å². The number of pyridine rings is 1. The number of halogens is 1. The van der Waals surface area contributed by atoms with Crippen molar-refractivity contribution in [1.29, 1.82) is 0 Å². The van der Waals surface area contributed by atoms with E-state index < -0.39 is 0 Å². The first-order valence-electron chi connectivity index (χ1n) is 3.81. The van der Waals surface area contributed by atoms with Crippen LogP contribution in [0.4, 0.5) is 0 Å². The van der Waals surface area contributed by atoms with E-state index in [-0.39, 0.29) is 5.11 Å². The number of hydrogen-bond donors (Lipinski definition) is 2. The van der Waals surface area contributed by atoms with Crippen LogP contribution in [0.1, 0.15) is 12.5 Å². The van der Waals surface area contributed by atoms with Crippen LogP contribution >= 0.6 is 23.8 Å². The van der Waals surface area contributed by atoms with Crippen molar-refractivity contribution in [3.8, 4) is 0 Å². The molecule has 0 saturated heterocycles. The maximum Gasteiger partial charge on any atom is 0.184 e. The maximum atomic E-state index is 5.71. The van der Waals surface area contributed by atoms with Gasteiger partial charge in [0.15, 0.2) is 5.11 Å². The van der Waals surface area contributed by atoms with Crippen LogP contribution in [0.2, 0.25) is 5.15 Å². The van der Waals surface area contributed by atoms with Gasteiger partial charge < -0.3 is 5.73 Å². The van der Waals surface area contributed by atoms with Gasteiger partial charge in [-0.2, -0.15) is 5.10 Å². The zero-order chi connectivity index (χ0) is 10.6. The Bertz CT molecular complexity index is 377. The van der Waals surface area contributed by atoms with Crippen molar-refractivity contribution in [3.63, 3.8) is 0 Å². The molecule has 0 saturated carbocycles. The van der Waals surface area contributed by atoms with E-state index in [4.69, 9.17) is 17.3 Å². The van der Waals surface area contributed by atoms with Gasteiger partial charge in [0.2, 0.25) is 0 Å². The number of nitrogens with one attached hydrogen (secondary N) is 1. The van der Waals surface area contributed by atoms with E-state index in [1.54, 1.807) is 18.3 Å². The molecule has 6 heteroatoms. The van der Waals surface area contributed by atoms with Crippen LogP contribution in [-0.2, 0) is 0 Å². The van der Waals surface area contributed by atoms with Gasteiger partial charge in [0, 0.05) is 11.8 Å². The average Bonchev–Trinajstić information content (AvgIpc) is 2.14. The largest absolute Gasteiger partial charge is 0.375 e. The van der Waals surface area contributed by atoms with Gasteiger partial charge in [-0.25, -0.2) is 4.98 Å². The highest BCUT2D eigenvalue weighted by atomic mass is 35.5. The number of hydrazone groups is 1. The number of rotatable bonds is 2. The first-order valence-corrected chi connectivity index (χ1v) is 4.60. The average molecular weight is 229 g/mol. The Hall–Kier alpha value is -1.20. The van der Waals surface area contributed by atoms with Crippen molar-refractivity contribution in [3.05, 3.63) is 29.0 Å². The van der Waals surface area contributed by atoms with Gasteiger partial charge in [0.25, 0.3) is 0 Å². The molecule has 1 rings (SSSR count). The third-order valence-electron chi connectivity index (χ3n) is 1.48. The molecule has 1 aromatic rings. The lowest BCUT2D eigenvalue weighted by atomic mass is 10.2. The smallest absolute Gasteiger partial charge is 0.184 e. The van der Waals surface area contributed by atoms with Crippen LogP contribution in [0.3, 0.4) is 0 Å². The van der Waals surface area contributed by atoms with E-state index in [2.05, 4.69) is 27.7 Å². The van der Waals surface area contributed by atoms with Gasteiger partial charge in [-0.05, 0) is 31.3 Å². The number of nitrogens with two attached hydrogens (primary N) is 1. The van der Waals surface area contributed by atoms with E-state index >= 15 is 0 Å². The zero-order valence-corrected chi connectivity index (χ0v) is 9.06. The normalized spacial score (nSPS) is 11.1. The summed E-state index contributed by atoms with van der Waals surface area (Å²) in [5.41, 5.74) is 9.33. The molecule has 0 aromatic carbocycles. The van der Waals surface area contributed by atoms with Crippen LogP contribution in [0.25, 0.3) is 0 Å². The minimum Gasteiger partial charge on any atom is -0.375 e. The first kappa shape index (κ1) is 10.9. The Kier molecular flexibility index (Phi) is 3.79. The standard InChI is InChI=1S/C8H9ClN4S/c1-5(12-13-8(10)14)6-2-3-11-7(9)4-6/h2-4H,1H3,(H3,10,13,14)/b12-5+. The van der Waals surface area contributed by atoms with E-state index in [1.807, 2.05) is 6.92 Å². The summed E-state index contributed by atoms with van der Waals surface area (Å²) in [7, 11) is 0. The molecule has 1 aromatic heterocycles. The summed E-state index contributed by atoms with van der Waals surface area (Å²) in [4.78, 5) is 3.86. The van der Waals surface area contributed by atoms with Gasteiger partial charge in [-0.1, -0.05) is 11.6 Å². The molecule has 0 radical (unpaired) electrons. The van der Waals surface area contributed by atoms with Gasteiger partial charge >= 0.3 is 0 Å². The molecule has 0 unspecified atom stereocenters. The van der Waals surface area contributed by atoms with Gasteiger partial charge in [0.05, 0.1) is 5.71 Å². The molecule has 0 aliphatic carbocycles. The van der Waals surface area contributed by atoms with Crippen molar-refractivity contribution in [2.45, 2.75) is 6.92 Å². The summed E-state index contributed by atoms with van der Waals surface area (Å²) in [5.74, 6) is 0. The van der Waals surface area contributed by atoms with E-state index in [9.17, 15) is 0 Å². The fraction of sp³-hybridized carbons (Fsp3) is 0.125. The quantitative estimate of drug-likeness (QED) is 0.347. The number of thiocarbonyl (C=S) groups is 1. The lowest BCUT2D eigenvalue weighted by Crippen LogP contribution is -2.25. The van der Waals surface area contributed by atoms with Crippen LogP contribution < -0.4 is 11.2 Å². The highest BCUT2D eigenvalue weighted by Gasteiger charge is 1.98. The predicted molar refractivity (Wildman–Crippen MR) is 61.4 cm³/mol. The Labute approximate surface area is 92.2 Å². The van der Waals surface area contributed by atoms with Crippen molar-refractivity contribution in [2.24, 2.45) is 10.8 Å². The Balaban J connectivity index is 2.83. The fourth-order valence-corrected chi connectivity index (χ4v) is 1.05. The first-order chi connectivity index (χ1) is 6.59. The van der Waals surface area contributed by atoms with Crippen LogP contribution in [0, 0.1) is 0 Å². The van der Waals surface area contributed by atoms with Crippen molar-refractivity contribution in [2.75, 3.05) is 0 Å². The Morgan fingerprint density at radius 3 is 3.00 bits per heavy atom. The lowest BCUT2D eigenvalue weighted by molar-refractivity contribution is 1.03. The maximum absolute atomic E-state index is 5.71. The topological polar surface area (TPSA) is 63.3 Å². The number of hydrogen-bond acceptors (Lipinski definition) is 3. The molecule has 14 heavy (non-hydrogen) atoms. The van der Waals surface area contributed by atoms with Crippen molar-refractivity contribution in [1.82, 2.24) is 10.4 Å². The Morgan fingerprint density at radius 2 is 2.43 bits per heavy atom. The molecule has 0 spiro atoms. The summed E-state index contributed by atoms with van der Waals surface area (Å²) >= 11 is 10.3. The number of nitrogens with zero attached hydrogens (tertiary/aromatic N) is 2. The third-order valence-corrected chi connectivity index (χ3v) is 1.78. The second kappa shape index (κ2) is 4.88. The molecule has 0 bridgehead atoms. The summed E-state index contributed by atoms with van der Waals surface area (Å²) in [5, 5.41) is 4.50. The lowest BCUT2D eigenvalue weighted by Gasteiger charge is -2.01. The Morgan fingerprint density at radius 1 is 1.71 bits per heavy atom. The summed E-state index contributed by atoms with van der Waals surface area (Å²) in [6, 6.07) is 3.51. The van der Waals surface area contributed by atoms with Crippen LogP contribution in [0.15, 0.2) is 23.4 Å². The molecular weight excluding hydrogens is 220 g/mol. The SMILES string of the molecule is C/C(=N\NC(N)=S)c1ccnc(Cl)c1. The molecule has 0 aliphatic rings.